The number of hydrogen-bond donors (Lipinski definition) is 2. The molecule has 4 nitrogen and oxygen atoms in total. The van der Waals surface area contributed by atoms with E-state index in [0.717, 1.165) is 50.6 Å². The van der Waals surface area contributed by atoms with E-state index < -0.39 is 0 Å². The molecule has 4 heteroatoms. The molecule has 0 amide bonds. The maximum atomic E-state index is 5.92. The fraction of sp³-hybridized carbons (Fsp3) is 0.400. The maximum absolute atomic E-state index is 5.92. The van der Waals surface area contributed by atoms with Gasteiger partial charge in [0.25, 0.3) is 0 Å². The molecule has 0 radical (unpaired) electrons. The second-order valence-corrected chi connectivity index (χ2v) is 6.37. The van der Waals surface area contributed by atoms with Crippen molar-refractivity contribution in [3.8, 4) is 11.5 Å². The van der Waals surface area contributed by atoms with Crippen LogP contribution in [0, 0.1) is 0 Å². The van der Waals surface area contributed by atoms with Crippen molar-refractivity contribution in [1.29, 1.82) is 0 Å². The van der Waals surface area contributed by atoms with E-state index >= 15 is 0 Å². The molecule has 3 aliphatic rings. The molecule has 0 fully saturated rings. The molecule has 24 heavy (non-hydrogen) atoms. The Morgan fingerprint density at radius 3 is 2.79 bits per heavy atom. The molecule has 126 valence electrons. The molecule has 2 N–H and O–H groups in total. The fourth-order valence-electron chi connectivity index (χ4n) is 3.47. The zero-order chi connectivity index (χ0) is 16.2. The summed E-state index contributed by atoms with van der Waals surface area (Å²) in [4.78, 5) is 0. The molecule has 3 aliphatic heterocycles. The minimum absolute atomic E-state index is 0.223. The lowest BCUT2D eigenvalue weighted by molar-refractivity contribution is 0.293. The average molecular weight is 324 g/mol. The van der Waals surface area contributed by atoms with Crippen LogP contribution in [-0.4, -0.2) is 32.8 Å². The van der Waals surface area contributed by atoms with Crippen molar-refractivity contribution in [3.63, 3.8) is 0 Å². The van der Waals surface area contributed by atoms with Gasteiger partial charge in [-0.05, 0) is 60.3 Å². The molecule has 2 aromatic carbocycles. The van der Waals surface area contributed by atoms with Gasteiger partial charge in [-0.15, -0.1) is 0 Å². The van der Waals surface area contributed by atoms with Crippen LogP contribution in [0.4, 0.5) is 0 Å². The van der Waals surface area contributed by atoms with Gasteiger partial charge in [-0.25, -0.2) is 0 Å². The number of rotatable bonds is 0. The highest BCUT2D eigenvalue weighted by Crippen LogP contribution is 2.32. The highest BCUT2D eigenvalue weighted by molar-refractivity contribution is 5.45. The fourth-order valence-corrected chi connectivity index (χ4v) is 3.47. The summed E-state index contributed by atoms with van der Waals surface area (Å²) < 4.78 is 11.8. The first kappa shape index (κ1) is 15.5. The summed E-state index contributed by atoms with van der Waals surface area (Å²) in [5, 5.41) is 7.04. The molecule has 0 saturated heterocycles. The SMILES string of the molecule is c1cc2cc(c1)C1NCCc3cc(ccc31)OCCNCCCO2. The van der Waals surface area contributed by atoms with Crippen molar-refractivity contribution in [1.82, 2.24) is 10.6 Å². The Balaban J connectivity index is 1.69. The number of hydrogen-bond acceptors (Lipinski definition) is 4. The number of benzene rings is 2. The Kier molecular flexibility index (Phi) is 4.67. The largest absolute Gasteiger partial charge is 0.494 e. The van der Waals surface area contributed by atoms with Crippen LogP contribution in [0.2, 0.25) is 0 Å². The molecule has 5 rings (SSSR count). The third kappa shape index (κ3) is 3.40. The van der Waals surface area contributed by atoms with Crippen LogP contribution in [-0.2, 0) is 6.42 Å². The zero-order valence-corrected chi connectivity index (χ0v) is 13.9. The van der Waals surface area contributed by atoms with Crippen LogP contribution in [0.15, 0.2) is 42.5 Å². The smallest absolute Gasteiger partial charge is 0.119 e. The highest BCUT2D eigenvalue weighted by Gasteiger charge is 2.22. The molecule has 2 aromatic rings. The summed E-state index contributed by atoms with van der Waals surface area (Å²) in [6.07, 6.45) is 2.03. The molecule has 6 bridgehead atoms. The molecular formula is C20H24N2O2. The zero-order valence-electron chi connectivity index (χ0n) is 13.9. The van der Waals surface area contributed by atoms with E-state index in [1.54, 1.807) is 0 Å². The molecular weight excluding hydrogens is 300 g/mol. The van der Waals surface area contributed by atoms with E-state index in [1.807, 2.05) is 6.07 Å². The first-order valence-corrected chi connectivity index (χ1v) is 8.83. The average Bonchev–Trinajstić information content (AvgIpc) is 2.63. The second-order valence-electron chi connectivity index (χ2n) is 6.37. The topological polar surface area (TPSA) is 42.5 Å². The van der Waals surface area contributed by atoms with Crippen molar-refractivity contribution in [3.05, 3.63) is 59.2 Å². The van der Waals surface area contributed by atoms with Gasteiger partial charge < -0.3 is 20.1 Å². The van der Waals surface area contributed by atoms with Gasteiger partial charge in [0.05, 0.1) is 12.6 Å². The van der Waals surface area contributed by atoms with E-state index in [0.29, 0.717) is 6.61 Å². The first-order valence-electron chi connectivity index (χ1n) is 8.83. The molecule has 0 aromatic heterocycles. The third-order valence-electron chi connectivity index (χ3n) is 4.67. The Labute approximate surface area is 143 Å². The van der Waals surface area contributed by atoms with Crippen molar-refractivity contribution in [2.45, 2.75) is 18.9 Å². The first-order chi connectivity index (χ1) is 11.9. The van der Waals surface area contributed by atoms with Crippen molar-refractivity contribution in [2.75, 3.05) is 32.8 Å². The highest BCUT2D eigenvalue weighted by atomic mass is 16.5. The molecule has 1 atom stereocenters. The van der Waals surface area contributed by atoms with Gasteiger partial charge in [-0.3, -0.25) is 0 Å². The molecule has 0 aliphatic carbocycles. The summed E-state index contributed by atoms with van der Waals surface area (Å²) in [6, 6.07) is 15.2. The van der Waals surface area contributed by atoms with Crippen LogP contribution in [0.25, 0.3) is 0 Å². The Bertz CT molecular complexity index is 702. The number of ether oxygens (including phenoxy) is 2. The van der Waals surface area contributed by atoms with Gasteiger partial charge in [0.2, 0.25) is 0 Å². The Hall–Kier alpha value is -2.04. The summed E-state index contributed by atoms with van der Waals surface area (Å²) in [6.45, 7) is 4.21. The molecule has 0 spiro atoms. The van der Waals surface area contributed by atoms with Gasteiger partial charge in [0.15, 0.2) is 0 Å². The third-order valence-corrected chi connectivity index (χ3v) is 4.67. The van der Waals surface area contributed by atoms with Crippen LogP contribution in [0.1, 0.15) is 29.2 Å². The Morgan fingerprint density at radius 1 is 0.875 bits per heavy atom. The summed E-state index contributed by atoms with van der Waals surface area (Å²) >= 11 is 0. The van der Waals surface area contributed by atoms with Crippen LogP contribution in [0.5, 0.6) is 11.5 Å². The van der Waals surface area contributed by atoms with E-state index in [2.05, 4.69) is 47.0 Å². The van der Waals surface area contributed by atoms with Gasteiger partial charge >= 0.3 is 0 Å². The second kappa shape index (κ2) is 7.24. The standard InChI is InChI=1S/C20H24N2O2/c1-3-16-14-17(4-1)23-11-2-8-21-10-12-24-18-5-6-19-15(13-18)7-9-22-20(16)19/h1,3-6,13-14,20-22H,2,7-12H2. The monoisotopic (exact) mass is 324 g/mol. The minimum Gasteiger partial charge on any atom is -0.494 e. The van der Waals surface area contributed by atoms with Gasteiger partial charge in [-0.2, -0.15) is 0 Å². The minimum atomic E-state index is 0.223. The molecule has 0 saturated carbocycles. The van der Waals surface area contributed by atoms with Crippen LogP contribution < -0.4 is 20.1 Å². The maximum Gasteiger partial charge on any atom is 0.119 e. The quantitative estimate of drug-likeness (QED) is 0.782. The normalized spacial score (nSPS) is 20.9. The predicted molar refractivity (Wildman–Crippen MR) is 94.9 cm³/mol. The van der Waals surface area contributed by atoms with E-state index in [9.17, 15) is 0 Å². The van der Waals surface area contributed by atoms with Gasteiger partial charge in [-0.1, -0.05) is 18.2 Å². The lowest BCUT2D eigenvalue weighted by Gasteiger charge is -2.28. The van der Waals surface area contributed by atoms with E-state index in [-0.39, 0.29) is 6.04 Å². The van der Waals surface area contributed by atoms with Crippen LogP contribution >= 0.6 is 0 Å². The lowest BCUT2D eigenvalue weighted by atomic mass is 9.89. The van der Waals surface area contributed by atoms with Gasteiger partial charge in [0, 0.05) is 13.1 Å². The van der Waals surface area contributed by atoms with Crippen molar-refractivity contribution < 1.29 is 9.47 Å². The van der Waals surface area contributed by atoms with Gasteiger partial charge in [0.1, 0.15) is 18.1 Å². The summed E-state index contributed by atoms with van der Waals surface area (Å²) in [5.74, 6) is 1.92. The summed E-state index contributed by atoms with van der Waals surface area (Å²) in [5.41, 5.74) is 3.98. The van der Waals surface area contributed by atoms with Crippen LogP contribution in [0.3, 0.4) is 0 Å². The van der Waals surface area contributed by atoms with Crippen molar-refractivity contribution in [2.24, 2.45) is 0 Å². The van der Waals surface area contributed by atoms with Crippen molar-refractivity contribution >= 4 is 0 Å². The summed E-state index contributed by atoms with van der Waals surface area (Å²) in [7, 11) is 0. The molecule has 3 heterocycles. The Morgan fingerprint density at radius 2 is 1.79 bits per heavy atom. The molecule has 1 unspecified atom stereocenters. The van der Waals surface area contributed by atoms with E-state index in [1.165, 1.54) is 16.7 Å². The van der Waals surface area contributed by atoms with E-state index in [4.69, 9.17) is 9.47 Å². The number of nitrogens with one attached hydrogen (secondary N) is 2. The predicted octanol–water partition coefficient (Wildman–Crippen LogP) is 2.67. The number of fused-ring (bicyclic) bond motifs is 8. The lowest BCUT2D eigenvalue weighted by Crippen LogP contribution is -2.30.